The molecule has 6 heteroatoms. The fourth-order valence-electron chi connectivity index (χ4n) is 3.62. The molecule has 0 amide bonds. The molecule has 1 fully saturated rings. The van der Waals surface area contributed by atoms with Crippen LogP contribution in [0.2, 0.25) is 0 Å². The molecular formula is C25H32O6. The Hall–Kier alpha value is -2.82. The van der Waals surface area contributed by atoms with Gasteiger partial charge < -0.3 is 19.3 Å². The monoisotopic (exact) mass is 428 g/mol. The van der Waals surface area contributed by atoms with Gasteiger partial charge in [0.25, 0.3) is 0 Å². The number of hydrogen-bond acceptors (Lipinski definition) is 6. The molecule has 1 aromatic rings. The van der Waals surface area contributed by atoms with Gasteiger partial charge in [-0.2, -0.15) is 0 Å². The van der Waals surface area contributed by atoms with Gasteiger partial charge >= 0.3 is 5.97 Å². The molecule has 1 aromatic carbocycles. The van der Waals surface area contributed by atoms with Crippen molar-refractivity contribution in [2.75, 3.05) is 14.2 Å². The predicted octanol–water partition coefficient (Wildman–Crippen LogP) is 3.89. The Morgan fingerprint density at radius 3 is 2.55 bits per heavy atom. The van der Waals surface area contributed by atoms with E-state index < -0.39 is 12.1 Å². The van der Waals surface area contributed by atoms with E-state index in [1.165, 1.54) is 7.11 Å². The molecule has 0 spiro atoms. The largest absolute Gasteiger partial charge is 0.497 e. The minimum absolute atomic E-state index is 0.00856. The highest BCUT2D eigenvalue weighted by molar-refractivity contribution is 5.85. The summed E-state index contributed by atoms with van der Waals surface area (Å²) in [5, 5.41) is 9.60. The summed E-state index contributed by atoms with van der Waals surface area (Å²) in [6.07, 6.45) is 7.58. The average Bonchev–Trinajstić information content (AvgIpc) is 3.03. The van der Waals surface area contributed by atoms with Crippen LogP contribution in [0.4, 0.5) is 0 Å². The number of ketones is 1. The smallest absolute Gasteiger partial charge is 0.335 e. The summed E-state index contributed by atoms with van der Waals surface area (Å²) in [6.45, 7) is 4.08. The maximum Gasteiger partial charge on any atom is 0.335 e. The lowest BCUT2D eigenvalue weighted by Gasteiger charge is -2.16. The second kappa shape index (κ2) is 12.1. The summed E-state index contributed by atoms with van der Waals surface area (Å²) in [4.78, 5) is 23.6. The van der Waals surface area contributed by atoms with Gasteiger partial charge in [0.05, 0.1) is 20.3 Å². The Morgan fingerprint density at radius 2 is 1.90 bits per heavy atom. The van der Waals surface area contributed by atoms with Crippen LogP contribution in [0.25, 0.3) is 0 Å². The zero-order valence-electron chi connectivity index (χ0n) is 18.6. The van der Waals surface area contributed by atoms with Crippen molar-refractivity contribution in [3.63, 3.8) is 0 Å². The van der Waals surface area contributed by atoms with E-state index in [2.05, 4.69) is 29.5 Å². The summed E-state index contributed by atoms with van der Waals surface area (Å²) in [5.74, 6) is 1.14. The number of methoxy groups -OCH3 is 2. The number of benzene rings is 1. The van der Waals surface area contributed by atoms with E-state index in [1.807, 2.05) is 31.2 Å². The Morgan fingerprint density at radius 1 is 1.23 bits per heavy atom. The first-order valence-corrected chi connectivity index (χ1v) is 10.5. The quantitative estimate of drug-likeness (QED) is 0.346. The molecule has 168 valence electrons. The summed E-state index contributed by atoms with van der Waals surface area (Å²) >= 11 is 0. The van der Waals surface area contributed by atoms with Crippen LogP contribution in [0, 0.1) is 17.8 Å². The van der Waals surface area contributed by atoms with Crippen LogP contribution in [-0.4, -0.2) is 43.3 Å². The van der Waals surface area contributed by atoms with Crippen molar-refractivity contribution < 1.29 is 28.9 Å². The molecule has 0 heterocycles. The number of hydrogen-bond donors (Lipinski definition) is 1. The third-order valence-corrected chi connectivity index (χ3v) is 5.40. The molecular weight excluding hydrogens is 396 g/mol. The van der Waals surface area contributed by atoms with Crippen LogP contribution >= 0.6 is 0 Å². The van der Waals surface area contributed by atoms with Crippen LogP contribution in [-0.2, 0) is 14.3 Å². The predicted molar refractivity (Wildman–Crippen MR) is 118 cm³/mol. The van der Waals surface area contributed by atoms with Crippen molar-refractivity contribution in [3.8, 4) is 11.5 Å². The van der Waals surface area contributed by atoms with Crippen LogP contribution < -0.4 is 9.47 Å². The fourth-order valence-corrected chi connectivity index (χ4v) is 3.62. The van der Waals surface area contributed by atoms with Crippen molar-refractivity contribution in [1.29, 1.82) is 0 Å². The zero-order valence-corrected chi connectivity index (χ0v) is 18.6. The second-order valence-corrected chi connectivity index (χ2v) is 7.83. The Labute approximate surface area is 184 Å². The lowest BCUT2D eigenvalue weighted by molar-refractivity contribution is -0.150. The molecule has 2 unspecified atom stereocenters. The molecule has 0 bridgehead atoms. The third-order valence-electron chi connectivity index (χ3n) is 5.40. The number of ether oxygens (including phenoxy) is 3. The van der Waals surface area contributed by atoms with Crippen molar-refractivity contribution in [2.45, 2.75) is 45.3 Å². The molecule has 0 saturated heterocycles. The molecule has 6 nitrogen and oxygen atoms in total. The Balaban J connectivity index is 1.92. The van der Waals surface area contributed by atoms with Crippen molar-refractivity contribution >= 4 is 11.8 Å². The van der Waals surface area contributed by atoms with E-state index in [0.29, 0.717) is 6.42 Å². The van der Waals surface area contributed by atoms with Crippen LogP contribution in [0.1, 0.15) is 33.1 Å². The standard InChI is InChI=1S/C25H32O6/c1-17-16-24(27)22(9-5-6-11-23(26)25(28)30-4)21(17)10-7-8-18(2)31-20-14-12-19(29-3)13-15-20/h6-7,9-10,12-15,17-18,21-23,26H,8,11,16H2,1-4H3/b10-7+/t5?,17-,18?,21+,22-,23?/m1/s1. The molecule has 0 aliphatic heterocycles. The summed E-state index contributed by atoms with van der Waals surface area (Å²) in [7, 11) is 2.85. The van der Waals surface area contributed by atoms with Gasteiger partial charge in [-0.25, -0.2) is 4.79 Å². The number of carbonyl (C=O) groups is 2. The highest BCUT2D eigenvalue weighted by atomic mass is 16.5. The number of rotatable bonds is 10. The second-order valence-electron chi connectivity index (χ2n) is 7.83. The maximum absolute atomic E-state index is 12.4. The van der Waals surface area contributed by atoms with Gasteiger partial charge in [-0.15, -0.1) is 5.73 Å². The van der Waals surface area contributed by atoms with Crippen molar-refractivity contribution in [1.82, 2.24) is 0 Å². The molecule has 0 radical (unpaired) electrons. The molecule has 0 aromatic heterocycles. The van der Waals surface area contributed by atoms with Gasteiger partial charge in [-0.1, -0.05) is 19.1 Å². The summed E-state index contributed by atoms with van der Waals surface area (Å²) in [6, 6.07) is 7.47. The van der Waals surface area contributed by atoms with Gasteiger partial charge in [0.1, 0.15) is 17.3 Å². The van der Waals surface area contributed by atoms with Crippen molar-refractivity contribution in [3.05, 3.63) is 54.3 Å². The SMILES string of the molecule is COC(=O)C(O)CC=C=C[C@H]1C(=O)C[C@@H](C)[C@@H]1/C=C/CC(C)Oc1ccc(OC)cc1. The number of carbonyl (C=O) groups excluding carboxylic acids is 2. The normalized spacial score (nSPS) is 22.5. The minimum atomic E-state index is -1.22. The highest BCUT2D eigenvalue weighted by Gasteiger charge is 2.36. The number of aliphatic hydroxyl groups is 1. The van der Waals surface area contributed by atoms with Gasteiger partial charge in [0.15, 0.2) is 6.10 Å². The first-order valence-electron chi connectivity index (χ1n) is 10.5. The topological polar surface area (TPSA) is 82.1 Å². The van der Waals surface area contributed by atoms with Gasteiger partial charge in [0.2, 0.25) is 0 Å². The van der Waals surface area contributed by atoms with Crippen LogP contribution in [0.3, 0.4) is 0 Å². The van der Waals surface area contributed by atoms with Gasteiger partial charge in [0, 0.05) is 25.2 Å². The number of esters is 1. The Kier molecular flexibility index (Phi) is 9.57. The number of aliphatic hydroxyl groups excluding tert-OH is 1. The fraction of sp³-hybridized carbons (Fsp3) is 0.480. The van der Waals surface area contributed by atoms with Gasteiger partial charge in [-0.3, -0.25) is 4.79 Å². The lowest BCUT2D eigenvalue weighted by Crippen LogP contribution is -2.20. The first kappa shape index (κ1) is 24.4. The summed E-state index contributed by atoms with van der Waals surface area (Å²) in [5.41, 5.74) is 2.95. The third kappa shape index (κ3) is 7.42. The molecule has 5 atom stereocenters. The molecule has 31 heavy (non-hydrogen) atoms. The molecule has 1 N–H and O–H groups in total. The molecule has 1 aliphatic rings. The molecule has 1 aliphatic carbocycles. The van der Waals surface area contributed by atoms with E-state index >= 15 is 0 Å². The number of allylic oxidation sites excluding steroid dienone is 1. The van der Waals surface area contributed by atoms with Gasteiger partial charge in [-0.05, 0) is 55.2 Å². The Bertz CT molecular complexity index is 819. The number of Topliss-reactive ketones (excluding diaryl/α,β-unsaturated/α-hetero) is 1. The molecule has 2 rings (SSSR count). The maximum atomic E-state index is 12.4. The average molecular weight is 429 g/mol. The minimum Gasteiger partial charge on any atom is -0.497 e. The van der Waals surface area contributed by atoms with E-state index in [9.17, 15) is 14.7 Å². The zero-order chi connectivity index (χ0) is 22.8. The van der Waals surface area contributed by atoms with E-state index in [4.69, 9.17) is 9.47 Å². The summed E-state index contributed by atoms with van der Waals surface area (Å²) < 4.78 is 15.5. The van der Waals surface area contributed by atoms with E-state index in [0.717, 1.165) is 17.9 Å². The highest BCUT2D eigenvalue weighted by Crippen LogP contribution is 2.36. The van der Waals surface area contributed by atoms with Crippen LogP contribution in [0.15, 0.2) is 54.3 Å². The van der Waals surface area contributed by atoms with Crippen LogP contribution in [0.5, 0.6) is 11.5 Å². The van der Waals surface area contributed by atoms with E-state index in [-0.39, 0.29) is 36.1 Å². The lowest BCUT2D eigenvalue weighted by atomic mass is 9.89. The molecule has 1 saturated carbocycles. The van der Waals surface area contributed by atoms with E-state index in [1.54, 1.807) is 19.3 Å². The van der Waals surface area contributed by atoms with Crippen molar-refractivity contribution in [2.24, 2.45) is 17.8 Å². The first-order chi connectivity index (χ1) is 14.8.